The van der Waals surface area contributed by atoms with Gasteiger partial charge in [0.05, 0.1) is 37.1 Å². The highest BCUT2D eigenvalue weighted by Crippen LogP contribution is 2.26. The average Bonchev–Trinajstić information content (AvgIpc) is 3.32. The van der Waals surface area contributed by atoms with E-state index in [1.165, 1.54) is 12.0 Å². The third-order valence-corrected chi connectivity index (χ3v) is 4.76. The van der Waals surface area contributed by atoms with E-state index in [0.29, 0.717) is 24.3 Å². The van der Waals surface area contributed by atoms with E-state index in [1.54, 1.807) is 29.2 Å². The second-order valence-electron chi connectivity index (χ2n) is 6.47. The summed E-state index contributed by atoms with van der Waals surface area (Å²) < 4.78 is 4.78. The number of amides is 2. The van der Waals surface area contributed by atoms with Crippen LogP contribution in [0.15, 0.2) is 35.5 Å². The molecule has 8 nitrogen and oxygen atoms in total. The molecular weight excluding hydrogens is 350 g/mol. The molecule has 2 aliphatic heterocycles. The van der Waals surface area contributed by atoms with Gasteiger partial charge in [-0.2, -0.15) is 0 Å². The zero-order valence-electron chi connectivity index (χ0n) is 15.2. The Morgan fingerprint density at radius 2 is 1.93 bits per heavy atom. The molecule has 144 valence electrons. The number of likely N-dealkylation sites (tertiary alicyclic amines) is 1. The minimum atomic E-state index is -0.616. The fourth-order valence-corrected chi connectivity index (χ4v) is 3.35. The Hall–Kier alpha value is -2.87. The van der Waals surface area contributed by atoms with Crippen LogP contribution in [0, 0.1) is 0 Å². The van der Waals surface area contributed by atoms with Gasteiger partial charge in [-0.15, -0.1) is 0 Å². The lowest BCUT2D eigenvalue weighted by molar-refractivity contribution is -0.136. The molecule has 1 saturated heterocycles. The predicted molar refractivity (Wildman–Crippen MR) is 97.9 cm³/mol. The van der Waals surface area contributed by atoms with Crippen LogP contribution in [0.3, 0.4) is 0 Å². The van der Waals surface area contributed by atoms with Gasteiger partial charge in [0.25, 0.3) is 11.8 Å². The van der Waals surface area contributed by atoms with Crippen molar-refractivity contribution in [1.29, 1.82) is 0 Å². The highest BCUT2D eigenvalue weighted by molar-refractivity contribution is 6.09. The van der Waals surface area contributed by atoms with Crippen LogP contribution >= 0.6 is 0 Å². The molecule has 0 radical (unpaired) electrons. The van der Waals surface area contributed by atoms with Gasteiger partial charge in [-0.25, -0.2) is 4.79 Å². The van der Waals surface area contributed by atoms with Crippen molar-refractivity contribution < 1.29 is 24.2 Å². The molecule has 27 heavy (non-hydrogen) atoms. The number of nitrogens with zero attached hydrogens (tertiary/aromatic N) is 2. The van der Waals surface area contributed by atoms with Crippen molar-refractivity contribution in [3.63, 3.8) is 0 Å². The highest BCUT2D eigenvalue weighted by atomic mass is 16.5. The number of aliphatic hydroxyl groups is 1. The summed E-state index contributed by atoms with van der Waals surface area (Å²) in [6.07, 6.45) is 1.96. The van der Waals surface area contributed by atoms with Crippen molar-refractivity contribution in [3.8, 4) is 0 Å². The molecule has 1 fully saturated rings. The Labute approximate surface area is 157 Å². The number of carbonyl (C=O) groups is 3. The van der Waals surface area contributed by atoms with Crippen LogP contribution in [0.25, 0.3) is 0 Å². The third kappa shape index (κ3) is 3.80. The number of ether oxygens (including phenoxy) is 1. The summed E-state index contributed by atoms with van der Waals surface area (Å²) in [6, 6.07) is 6.92. The Balaban J connectivity index is 1.91. The maximum atomic E-state index is 12.8. The number of anilines is 1. The molecule has 1 aromatic rings. The third-order valence-electron chi connectivity index (χ3n) is 4.76. The summed E-state index contributed by atoms with van der Waals surface area (Å²) in [4.78, 5) is 40.7. The Morgan fingerprint density at radius 1 is 1.22 bits per heavy atom. The molecule has 8 heteroatoms. The van der Waals surface area contributed by atoms with Crippen molar-refractivity contribution in [2.24, 2.45) is 0 Å². The van der Waals surface area contributed by atoms with Gasteiger partial charge < -0.3 is 25.0 Å². The lowest BCUT2D eigenvalue weighted by Gasteiger charge is -2.19. The Kier molecular flexibility index (Phi) is 5.75. The highest BCUT2D eigenvalue weighted by Gasteiger charge is 2.35. The average molecular weight is 373 g/mol. The SMILES string of the molecule is COC(=O)C1=C(Nc2ccccc2C(=O)N2CCCC2)C(=O)N(CCO)C1. The molecule has 3 rings (SSSR count). The van der Waals surface area contributed by atoms with Crippen molar-refractivity contribution in [3.05, 3.63) is 41.1 Å². The topological polar surface area (TPSA) is 99.2 Å². The van der Waals surface area contributed by atoms with Gasteiger partial charge in [0.15, 0.2) is 0 Å². The van der Waals surface area contributed by atoms with E-state index in [0.717, 1.165) is 12.8 Å². The van der Waals surface area contributed by atoms with E-state index in [9.17, 15) is 14.4 Å². The number of esters is 1. The normalized spacial score (nSPS) is 16.9. The van der Waals surface area contributed by atoms with E-state index in [4.69, 9.17) is 9.84 Å². The van der Waals surface area contributed by atoms with Gasteiger partial charge in [-0.1, -0.05) is 12.1 Å². The van der Waals surface area contributed by atoms with Gasteiger partial charge in [0, 0.05) is 19.6 Å². The fraction of sp³-hybridized carbons (Fsp3) is 0.421. The van der Waals surface area contributed by atoms with Crippen LogP contribution in [-0.2, 0) is 14.3 Å². The number of carbonyl (C=O) groups excluding carboxylic acids is 3. The van der Waals surface area contributed by atoms with E-state index in [1.807, 2.05) is 0 Å². The van der Waals surface area contributed by atoms with Crippen LogP contribution in [0.2, 0.25) is 0 Å². The molecule has 0 aliphatic carbocycles. The largest absolute Gasteiger partial charge is 0.466 e. The lowest BCUT2D eigenvalue weighted by atomic mass is 10.1. The van der Waals surface area contributed by atoms with Crippen molar-refractivity contribution in [2.45, 2.75) is 12.8 Å². The van der Waals surface area contributed by atoms with E-state index >= 15 is 0 Å². The summed E-state index contributed by atoms with van der Waals surface area (Å²) >= 11 is 0. The molecule has 1 aromatic carbocycles. The first-order valence-corrected chi connectivity index (χ1v) is 8.93. The number of benzene rings is 1. The molecule has 0 aromatic heterocycles. The molecule has 0 spiro atoms. The molecule has 0 bridgehead atoms. The zero-order chi connectivity index (χ0) is 19.4. The quantitative estimate of drug-likeness (QED) is 0.709. The van der Waals surface area contributed by atoms with Gasteiger partial charge in [0.1, 0.15) is 5.70 Å². The molecule has 0 saturated carbocycles. The van der Waals surface area contributed by atoms with Crippen molar-refractivity contribution in [2.75, 3.05) is 45.2 Å². The van der Waals surface area contributed by atoms with Crippen LogP contribution in [0.5, 0.6) is 0 Å². The first-order chi connectivity index (χ1) is 13.1. The minimum absolute atomic E-state index is 0.0522. The number of aliphatic hydroxyl groups excluding tert-OH is 1. The number of β-amino-alcohol motifs (C(OH)–C–C–N with tert-alkyl or cyclic N) is 1. The predicted octanol–water partition coefficient (Wildman–Crippen LogP) is 0.596. The van der Waals surface area contributed by atoms with Gasteiger partial charge >= 0.3 is 5.97 Å². The van der Waals surface area contributed by atoms with E-state index in [-0.39, 0.29) is 36.9 Å². The van der Waals surface area contributed by atoms with Crippen LogP contribution < -0.4 is 5.32 Å². The monoisotopic (exact) mass is 373 g/mol. The smallest absolute Gasteiger partial charge is 0.337 e. The molecule has 2 amide bonds. The fourth-order valence-electron chi connectivity index (χ4n) is 3.35. The molecular formula is C19H23N3O5. The summed E-state index contributed by atoms with van der Waals surface area (Å²) in [5.41, 5.74) is 1.17. The molecule has 2 aliphatic rings. The van der Waals surface area contributed by atoms with Gasteiger partial charge in [-0.05, 0) is 25.0 Å². The van der Waals surface area contributed by atoms with E-state index in [2.05, 4.69) is 5.32 Å². The number of rotatable bonds is 6. The van der Waals surface area contributed by atoms with Gasteiger partial charge in [0.2, 0.25) is 0 Å². The Morgan fingerprint density at radius 3 is 2.59 bits per heavy atom. The van der Waals surface area contributed by atoms with Crippen LogP contribution in [-0.4, -0.2) is 72.6 Å². The second kappa shape index (κ2) is 8.22. The molecule has 2 heterocycles. The van der Waals surface area contributed by atoms with Crippen molar-refractivity contribution in [1.82, 2.24) is 9.80 Å². The van der Waals surface area contributed by atoms with E-state index < -0.39 is 11.9 Å². The summed E-state index contributed by atoms with van der Waals surface area (Å²) in [7, 11) is 1.25. The Bertz CT molecular complexity index is 783. The van der Waals surface area contributed by atoms with Crippen LogP contribution in [0.4, 0.5) is 5.69 Å². The summed E-state index contributed by atoms with van der Waals surface area (Å²) in [6.45, 7) is 1.38. The number of methoxy groups -OCH3 is 1. The zero-order valence-corrected chi connectivity index (χ0v) is 15.2. The molecule has 0 atom stereocenters. The summed E-state index contributed by atoms with van der Waals surface area (Å²) in [5.74, 6) is -1.13. The standard InChI is InChI=1S/C19H23N3O5/c1-27-19(26)14-12-22(10-11-23)18(25)16(14)20-15-7-3-2-6-13(15)17(24)21-8-4-5-9-21/h2-3,6-7,20,23H,4-5,8-12H2,1H3. The van der Waals surface area contributed by atoms with Crippen molar-refractivity contribution >= 4 is 23.5 Å². The lowest BCUT2D eigenvalue weighted by Crippen LogP contribution is -2.32. The second-order valence-corrected chi connectivity index (χ2v) is 6.47. The molecule has 0 unspecified atom stereocenters. The molecule has 2 N–H and O–H groups in total. The van der Waals surface area contributed by atoms with Crippen LogP contribution in [0.1, 0.15) is 23.2 Å². The number of nitrogens with one attached hydrogen (secondary N) is 1. The summed E-state index contributed by atoms with van der Waals surface area (Å²) in [5, 5.41) is 12.1. The van der Waals surface area contributed by atoms with Gasteiger partial charge in [-0.3, -0.25) is 9.59 Å². The maximum absolute atomic E-state index is 12.8. The minimum Gasteiger partial charge on any atom is -0.466 e. The number of hydrogen-bond acceptors (Lipinski definition) is 6. The maximum Gasteiger partial charge on any atom is 0.337 e. The first kappa shape index (κ1) is 18.9. The number of hydrogen-bond donors (Lipinski definition) is 2. The number of para-hydroxylation sites is 1. The first-order valence-electron chi connectivity index (χ1n) is 8.93.